The van der Waals surface area contributed by atoms with Crippen molar-refractivity contribution in [3.05, 3.63) is 17.7 Å². The van der Waals surface area contributed by atoms with E-state index in [0.29, 0.717) is 17.2 Å². The van der Waals surface area contributed by atoms with Crippen molar-refractivity contribution in [1.82, 2.24) is 4.90 Å². The van der Waals surface area contributed by atoms with Crippen molar-refractivity contribution in [2.45, 2.75) is 26.1 Å². The van der Waals surface area contributed by atoms with Gasteiger partial charge in [0.05, 0.1) is 21.3 Å². The van der Waals surface area contributed by atoms with Crippen LogP contribution in [-0.4, -0.2) is 44.4 Å². The maximum Gasteiger partial charge on any atom is 0.229 e. The largest absolute Gasteiger partial charge is 0.496 e. The van der Waals surface area contributed by atoms with Gasteiger partial charge in [-0.25, -0.2) is 0 Å². The smallest absolute Gasteiger partial charge is 0.229 e. The summed E-state index contributed by atoms with van der Waals surface area (Å²) in [5.74, 6) is 3.01. The van der Waals surface area contributed by atoms with Crippen LogP contribution >= 0.6 is 11.8 Å². The normalized spacial score (nSPS) is 18.0. The summed E-state index contributed by atoms with van der Waals surface area (Å²) in [7, 11) is 4.82. The van der Waals surface area contributed by atoms with Crippen LogP contribution in [0.3, 0.4) is 0 Å². The Morgan fingerprint density at radius 1 is 1.09 bits per heavy atom. The lowest BCUT2D eigenvalue weighted by Gasteiger charge is -2.31. The number of carbonyl (C=O) groups is 1. The van der Waals surface area contributed by atoms with Crippen molar-refractivity contribution in [3.8, 4) is 17.2 Å². The number of thioether (sulfide) groups is 1. The van der Waals surface area contributed by atoms with Crippen LogP contribution in [-0.2, 0) is 4.79 Å². The predicted molar refractivity (Wildman–Crippen MR) is 92.5 cm³/mol. The summed E-state index contributed by atoms with van der Waals surface area (Å²) in [6.45, 7) is 6.58. The Hall–Kier alpha value is -1.56. The number of carbonyl (C=O) groups excluding carboxylic acids is 1. The van der Waals surface area contributed by atoms with Crippen LogP contribution in [0.2, 0.25) is 0 Å². The number of methoxy groups -OCH3 is 3. The van der Waals surface area contributed by atoms with E-state index in [-0.39, 0.29) is 11.3 Å². The summed E-state index contributed by atoms with van der Waals surface area (Å²) >= 11 is 1.74. The Bertz CT molecular complexity index is 583. The molecule has 1 aromatic carbocycles. The third-order valence-corrected chi connectivity index (χ3v) is 5.04. The van der Waals surface area contributed by atoms with E-state index in [9.17, 15) is 4.79 Å². The van der Waals surface area contributed by atoms with Crippen molar-refractivity contribution in [2.75, 3.05) is 33.6 Å². The lowest BCUT2D eigenvalue weighted by Crippen LogP contribution is -2.39. The highest BCUT2D eigenvalue weighted by atomic mass is 32.2. The third-order valence-electron chi connectivity index (χ3n) is 3.80. The van der Waals surface area contributed by atoms with Crippen LogP contribution in [0.15, 0.2) is 12.1 Å². The van der Waals surface area contributed by atoms with Crippen molar-refractivity contribution in [3.63, 3.8) is 0 Å². The molecule has 1 fully saturated rings. The number of nitrogens with zero attached hydrogens (tertiary/aromatic N) is 1. The molecular weight excluding hydrogens is 314 g/mol. The summed E-state index contributed by atoms with van der Waals surface area (Å²) in [5.41, 5.74) is 0.526. The summed E-state index contributed by atoms with van der Waals surface area (Å²) in [6, 6.07) is 3.72. The van der Waals surface area contributed by atoms with Crippen LogP contribution in [0.25, 0.3) is 0 Å². The minimum atomic E-state index is -0.410. The van der Waals surface area contributed by atoms with E-state index in [1.165, 1.54) is 0 Å². The molecule has 0 bridgehead atoms. The Balaban J connectivity index is 2.45. The number of rotatable bonds is 4. The molecule has 2 rings (SSSR count). The van der Waals surface area contributed by atoms with E-state index in [1.807, 2.05) is 37.8 Å². The van der Waals surface area contributed by atoms with E-state index in [0.717, 1.165) is 17.9 Å². The molecule has 0 radical (unpaired) electrons. The molecule has 1 aliphatic heterocycles. The molecule has 1 aliphatic rings. The average molecular weight is 339 g/mol. The second-order valence-corrected chi connectivity index (χ2v) is 7.61. The molecule has 23 heavy (non-hydrogen) atoms. The molecule has 128 valence electrons. The molecule has 0 spiro atoms. The van der Waals surface area contributed by atoms with Gasteiger partial charge < -0.3 is 19.1 Å². The van der Waals surface area contributed by atoms with Gasteiger partial charge >= 0.3 is 0 Å². The maximum atomic E-state index is 12.7. The fraction of sp³-hybridized carbons (Fsp3) is 0.588. The standard InChI is InChI=1S/C17H25NO4S/c1-17(2,3)16(19)18-7-8-23-15(18)11-9-13(21-5)14(22-6)10-12(11)20-4/h9-10,15H,7-8H2,1-6H3. The molecule has 0 saturated carbocycles. The number of hydrogen-bond acceptors (Lipinski definition) is 5. The second kappa shape index (κ2) is 6.91. The lowest BCUT2D eigenvalue weighted by molar-refractivity contribution is -0.139. The van der Waals surface area contributed by atoms with Gasteiger partial charge in [-0.15, -0.1) is 11.8 Å². The first-order valence-corrected chi connectivity index (χ1v) is 8.61. The van der Waals surface area contributed by atoms with Gasteiger partial charge in [-0.05, 0) is 6.07 Å². The Morgan fingerprint density at radius 2 is 1.65 bits per heavy atom. The van der Waals surface area contributed by atoms with E-state index >= 15 is 0 Å². The topological polar surface area (TPSA) is 48.0 Å². The lowest BCUT2D eigenvalue weighted by atomic mass is 9.94. The van der Waals surface area contributed by atoms with Crippen molar-refractivity contribution in [1.29, 1.82) is 0 Å². The molecule has 0 aliphatic carbocycles. The predicted octanol–water partition coefficient (Wildman–Crippen LogP) is 3.33. The van der Waals surface area contributed by atoms with E-state index < -0.39 is 5.41 Å². The Labute approximate surface area is 142 Å². The zero-order chi connectivity index (χ0) is 17.2. The highest BCUT2D eigenvalue weighted by Crippen LogP contribution is 2.46. The van der Waals surface area contributed by atoms with Crippen LogP contribution in [0, 0.1) is 5.41 Å². The van der Waals surface area contributed by atoms with Crippen LogP contribution < -0.4 is 14.2 Å². The second-order valence-electron chi connectivity index (χ2n) is 6.42. The summed E-state index contributed by atoms with van der Waals surface area (Å²) in [5, 5.41) is -0.0727. The highest BCUT2D eigenvalue weighted by molar-refractivity contribution is 7.99. The first-order chi connectivity index (χ1) is 10.8. The molecule has 1 amide bonds. The fourth-order valence-corrected chi connectivity index (χ4v) is 3.88. The maximum absolute atomic E-state index is 12.7. The van der Waals surface area contributed by atoms with Gasteiger partial charge in [0.25, 0.3) is 0 Å². The van der Waals surface area contributed by atoms with Crippen molar-refractivity contribution < 1.29 is 19.0 Å². The molecule has 1 atom stereocenters. The Morgan fingerprint density at radius 3 is 2.17 bits per heavy atom. The van der Waals surface area contributed by atoms with E-state index in [2.05, 4.69) is 0 Å². The van der Waals surface area contributed by atoms with Gasteiger partial charge in [-0.1, -0.05) is 20.8 Å². The zero-order valence-corrected chi connectivity index (χ0v) is 15.5. The summed E-state index contributed by atoms with van der Waals surface area (Å²) in [6.07, 6.45) is 0. The minimum Gasteiger partial charge on any atom is -0.496 e. The fourth-order valence-electron chi connectivity index (χ4n) is 2.61. The molecule has 5 nitrogen and oxygen atoms in total. The summed E-state index contributed by atoms with van der Waals surface area (Å²) in [4.78, 5) is 14.7. The van der Waals surface area contributed by atoms with Gasteiger partial charge in [0.15, 0.2) is 11.5 Å². The molecule has 1 aromatic rings. The van der Waals surface area contributed by atoms with Crippen LogP contribution in [0.1, 0.15) is 31.7 Å². The van der Waals surface area contributed by atoms with Gasteiger partial charge in [0.2, 0.25) is 5.91 Å². The average Bonchev–Trinajstić information content (AvgIpc) is 3.00. The molecule has 1 saturated heterocycles. The summed E-state index contributed by atoms with van der Waals surface area (Å²) < 4.78 is 16.3. The molecule has 0 N–H and O–H groups in total. The Kier molecular flexibility index (Phi) is 5.34. The monoisotopic (exact) mass is 339 g/mol. The van der Waals surface area contributed by atoms with Crippen molar-refractivity contribution >= 4 is 17.7 Å². The van der Waals surface area contributed by atoms with Crippen LogP contribution in [0.4, 0.5) is 0 Å². The first kappa shape index (κ1) is 17.8. The zero-order valence-electron chi connectivity index (χ0n) is 14.6. The number of amides is 1. The molecule has 1 heterocycles. The number of ether oxygens (including phenoxy) is 3. The molecule has 0 aromatic heterocycles. The molecular formula is C17H25NO4S. The molecule has 6 heteroatoms. The van der Waals surface area contributed by atoms with Crippen LogP contribution in [0.5, 0.6) is 17.2 Å². The SMILES string of the molecule is COc1cc(OC)c(C2SCCN2C(=O)C(C)(C)C)cc1OC. The highest BCUT2D eigenvalue weighted by Gasteiger charge is 2.37. The van der Waals surface area contributed by atoms with Gasteiger partial charge in [-0.3, -0.25) is 4.79 Å². The van der Waals surface area contributed by atoms with Gasteiger partial charge in [0, 0.05) is 29.3 Å². The van der Waals surface area contributed by atoms with E-state index in [4.69, 9.17) is 14.2 Å². The van der Waals surface area contributed by atoms with Crippen molar-refractivity contribution in [2.24, 2.45) is 5.41 Å². The minimum absolute atomic E-state index is 0.0727. The van der Waals surface area contributed by atoms with Gasteiger partial charge in [0.1, 0.15) is 11.1 Å². The molecule has 1 unspecified atom stereocenters. The quantitative estimate of drug-likeness (QED) is 0.842. The van der Waals surface area contributed by atoms with Gasteiger partial charge in [-0.2, -0.15) is 0 Å². The number of benzene rings is 1. The third kappa shape index (κ3) is 3.52. The number of hydrogen-bond donors (Lipinski definition) is 0. The first-order valence-electron chi connectivity index (χ1n) is 7.56. The van der Waals surface area contributed by atoms with E-state index in [1.54, 1.807) is 33.1 Å².